The van der Waals surface area contributed by atoms with Crippen molar-refractivity contribution in [2.75, 3.05) is 7.05 Å². The fourth-order valence-electron chi connectivity index (χ4n) is 3.07. The molecular weight excluding hydrogens is 329 g/mol. The van der Waals surface area contributed by atoms with Crippen molar-refractivity contribution in [3.05, 3.63) is 84.2 Å². The molecule has 128 valence electrons. The summed E-state index contributed by atoms with van der Waals surface area (Å²) in [6.07, 6.45) is 0. The third kappa shape index (κ3) is 2.75. The molecule has 26 heavy (non-hydrogen) atoms. The summed E-state index contributed by atoms with van der Waals surface area (Å²) in [5.74, 6) is 0.639. The summed E-state index contributed by atoms with van der Waals surface area (Å²) in [5.41, 5.74) is 3.68. The van der Waals surface area contributed by atoms with E-state index in [0.717, 1.165) is 16.7 Å². The average Bonchev–Trinajstić information content (AvgIpc) is 3.07. The highest BCUT2D eigenvalue weighted by Crippen LogP contribution is 2.40. The van der Waals surface area contributed by atoms with E-state index in [-0.39, 0.29) is 11.7 Å². The number of nitrogens with one attached hydrogen (secondary N) is 1. The summed E-state index contributed by atoms with van der Waals surface area (Å²) < 4.78 is 19.4. The number of fused-ring (bicyclic) bond motifs is 1. The van der Waals surface area contributed by atoms with Crippen molar-refractivity contribution in [3.63, 3.8) is 0 Å². The molecule has 1 N–H and O–H groups in total. The van der Waals surface area contributed by atoms with Gasteiger partial charge in [0.2, 0.25) is 0 Å². The van der Waals surface area contributed by atoms with E-state index in [9.17, 15) is 9.18 Å². The second-order valence-electron chi connectivity index (χ2n) is 5.97. The van der Waals surface area contributed by atoms with E-state index in [1.54, 1.807) is 19.2 Å². The van der Waals surface area contributed by atoms with Crippen molar-refractivity contribution in [3.8, 4) is 33.8 Å². The molecule has 3 nitrogen and oxygen atoms in total. The number of halogens is 1. The van der Waals surface area contributed by atoms with Crippen molar-refractivity contribution in [1.29, 1.82) is 0 Å². The van der Waals surface area contributed by atoms with Gasteiger partial charge >= 0.3 is 0 Å². The zero-order chi connectivity index (χ0) is 18.1. The fourth-order valence-corrected chi connectivity index (χ4v) is 3.07. The molecule has 1 amide bonds. The topological polar surface area (TPSA) is 42.2 Å². The van der Waals surface area contributed by atoms with Crippen molar-refractivity contribution in [2.45, 2.75) is 0 Å². The molecule has 0 bridgehead atoms. The quantitative estimate of drug-likeness (QED) is 0.553. The molecule has 0 atom stereocenters. The minimum Gasteiger partial charge on any atom is -0.455 e. The van der Waals surface area contributed by atoms with Gasteiger partial charge in [0, 0.05) is 18.2 Å². The van der Waals surface area contributed by atoms with E-state index in [4.69, 9.17) is 4.42 Å². The van der Waals surface area contributed by atoms with Crippen LogP contribution in [-0.4, -0.2) is 13.0 Å². The lowest BCUT2D eigenvalue weighted by molar-refractivity contribution is 0.0963. The second-order valence-corrected chi connectivity index (χ2v) is 5.97. The Bertz CT molecular complexity index is 1040. The molecule has 1 aliphatic heterocycles. The van der Waals surface area contributed by atoms with Gasteiger partial charge in [0.15, 0.2) is 0 Å². The third-order valence-electron chi connectivity index (χ3n) is 4.35. The first kappa shape index (κ1) is 16.1. The fraction of sp³-hybridized carbons (Fsp3) is 0.0455. The van der Waals surface area contributed by atoms with Crippen molar-refractivity contribution < 1.29 is 13.6 Å². The van der Waals surface area contributed by atoms with Gasteiger partial charge in [-0.1, -0.05) is 42.5 Å². The molecule has 1 aliphatic carbocycles. The lowest BCUT2D eigenvalue weighted by Gasteiger charge is -2.08. The first-order valence-corrected chi connectivity index (χ1v) is 8.27. The molecule has 0 aromatic heterocycles. The van der Waals surface area contributed by atoms with Crippen molar-refractivity contribution in [1.82, 2.24) is 5.32 Å². The Morgan fingerprint density at radius 3 is 2.27 bits per heavy atom. The normalized spacial score (nSPS) is 10.8. The van der Waals surface area contributed by atoms with Crippen LogP contribution < -0.4 is 5.32 Å². The van der Waals surface area contributed by atoms with Crippen LogP contribution in [0, 0.1) is 5.82 Å². The number of hydrogen-bond donors (Lipinski definition) is 1. The van der Waals surface area contributed by atoms with Gasteiger partial charge in [0.25, 0.3) is 5.91 Å². The van der Waals surface area contributed by atoms with Crippen LogP contribution in [0.3, 0.4) is 0 Å². The van der Waals surface area contributed by atoms with Gasteiger partial charge in [-0.2, -0.15) is 0 Å². The summed E-state index contributed by atoms with van der Waals surface area (Å²) in [6, 6.07) is 21.5. The highest BCUT2D eigenvalue weighted by atomic mass is 19.1. The van der Waals surface area contributed by atoms with Gasteiger partial charge in [0.1, 0.15) is 17.3 Å². The Hall–Kier alpha value is -3.40. The molecule has 0 saturated heterocycles. The summed E-state index contributed by atoms with van der Waals surface area (Å²) in [7, 11) is 1.58. The molecular formula is C22H16FNO2. The lowest BCUT2D eigenvalue weighted by Crippen LogP contribution is -2.18. The van der Waals surface area contributed by atoms with Crippen LogP contribution in [0.4, 0.5) is 4.39 Å². The number of amides is 1. The second kappa shape index (κ2) is 6.48. The molecule has 4 heteroatoms. The van der Waals surface area contributed by atoms with E-state index in [1.807, 2.05) is 48.5 Å². The van der Waals surface area contributed by atoms with E-state index >= 15 is 0 Å². The van der Waals surface area contributed by atoms with E-state index < -0.39 is 0 Å². The van der Waals surface area contributed by atoms with Crippen molar-refractivity contribution in [2.24, 2.45) is 0 Å². The van der Waals surface area contributed by atoms with Gasteiger partial charge in [-0.25, -0.2) is 4.39 Å². The SMILES string of the molecule is CNC(=O)c1c(-c2ccc(F)cc2)cc2ccc(-c3ccccc3)oc1-2. The average molecular weight is 345 g/mol. The number of hydrogen-bond acceptors (Lipinski definition) is 2. The van der Waals surface area contributed by atoms with Crippen LogP contribution in [0.25, 0.3) is 33.8 Å². The molecule has 0 saturated carbocycles. The Morgan fingerprint density at radius 1 is 0.885 bits per heavy atom. The molecule has 0 fully saturated rings. The van der Waals surface area contributed by atoms with Gasteiger partial charge in [-0.3, -0.25) is 4.79 Å². The molecule has 0 radical (unpaired) electrons. The standard InChI is InChI=1S/C22H16FNO2/c1-24-22(25)20-18(14-7-10-17(23)11-8-14)13-16-9-12-19(26-21(16)20)15-5-3-2-4-6-15/h2-13H,1H3,(H,24,25). The molecule has 2 aliphatic rings. The smallest absolute Gasteiger partial charge is 0.255 e. The Morgan fingerprint density at radius 2 is 1.58 bits per heavy atom. The molecule has 4 rings (SSSR count). The summed E-state index contributed by atoms with van der Waals surface area (Å²) in [6.45, 7) is 0. The predicted molar refractivity (Wildman–Crippen MR) is 99.6 cm³/mol. The van der Waals surface area contributed by atoms with Crippen LogP contribution in [0.15, 0.2) is 77.2 Å². The Balaban J connectivity index is 1.94. The third-order valence-corrected chi connectivity index (χ3v) is 4.35. The lowest BCUT2D eigenvalue weighted by atomic mass is 10.0. The molecule has 1 heterocycles. The minimum absolute atomic E-state index is 0.242. The van der Waals surface area contributed by atoms with Gasteiger partial charge in [-0.05, 0) is 41.5 Å². The number of benzene rings is 2. The predicted octanol–water partition coefficient (Wildman–Crippen LogP) is 5.22. The number of rotatable bonds is 3. The first-order valence-electron chi connectivity index (χ1n) is 8.27. The van der Waals surface area contributed by atoms with Gasteiger partial charge in [0.05, 0.1) is 5.56 Å². The maximum atomic E-state index is 13.3. The van der Waals surface area contributed by atoms with Crippen LogP contribution in [0.2, 0.25) is 0 Å². The summed E-state index contributed by atoms with van der Waals surface area (Å²) in [5, 5.41) is 2.67. The largest absolute Gasteiger partial charge is 0.455 e. The van der Waals surface area contributed by atoms with E-state index in [2.05, 4.69) is 5.32 Å². The molecule has 0 spiro atoms. The summed E-state index contributed by atoms with van der Waals surface area (Å²) in [4.78, 5) is 12.6. The molecule has 2 aromatic rings. The molecule has 2 aromatic carbocycles. The van der Waals surface area contributed by atoms with E-state index in [1.165, 1.54) is 12.1 Å². The highest BCUT2D eigenvalue weighted by Gasteiger charge is 2.25. The zero-order valence-electron chi connectivity index (χ0n) is 14.1. The maximum Gasteiger partial charge on any atom is 0.255 e. The van der Waals surface area contributed by atoms with Gasteiger partial charge in [-0.15, -0.1) is 0 Å². The molecule has 0 unspecified atom stereocenters. The Labute approximate surface area is 150 Å². The zero-order valence-corrected chi connectivity index (χ0v) is 14.1. The van der Waals surface area contributed by atoms with Crippen LogP contribution in [0.1, 0.15) is 10.4 Å². The Kier molecular flexibility index (Phi) is 4.01. The van der Waals surface area contributed by atoms with Crippen LogP contribution in [0.5, 0.6) is 0 Å². The number of carbonyl (C=O) groups excluding carboxylic acids is 1. The summed E-state index contributed by atoms with van der Waals surface area (Å²) >= 11 is 0. The minimum atomic E-state index is -0.317. The number of carbonyl (C=O) groups is 1. The first-order chi connectivity index (χ1) is 12.7. The monoisotopic (exact) mass is 345 g/mol. The highest BCUT2D eigenvalue weighted by molar-refractivity contribution is 6.08. The van der Waals surface area contributed by atoms with Crippen LogP contribution in [-0.2, 0) is 0 Å². The van der Waals surface area contributed by atoms with Crippen LogP contribution >= 0.6 is 0 Å². The van der Waals surface area contributed by atoms with Gasteiger partial charge < -0.3 is 9.73 Å². The van der Waals surface area contributed by atoms with Crippen molar-refractivity contribution >= 4 is 5.91 Å². The maximum absolute atomic E-state index is 13.3. The van der Waals surface area contributed by atoms with E-state index in [0.29, 0.717) is 22.6 Å².